The largest absolute Gasteiger partial charge is 0.320 e. The predicted octanol–water partition coefficient (Wildman–Crippen LogP) is 2.57. The number of hydrogen-bond donors (Lipinski definition) is 2. The van der Waals surface area contributed by atoms with Gasteiger partial charge in [0.05, 0.1) is 4.92 Å². The van der Waals surface area contributed by atoms with E-state index in [9.17, 15) is 14.9 Å². The van der Waals surface area contributed by atoms with E-state index in [1.165, 1.54) is 18.2 Å². The second kappa shape index (κ2) is 6.19. The molecule has 0 spiro atoms. The van der Waals surface area contributed by atoms with Gasteiger partial charge in [0.15, 0.2) is 0 Å². The predicted molar refractivity (Wildman–Crippen MR) is 76.9 cm³/mol. The highest BCUT2D eigenvalue weighted by Crippen LogP contribution is 2.29. The number of nitro groups is 1. The van der Waals surface area contributed by atoms with E-state index in [1.54, 1.807) is 0 Å². The first-order valence-electron chi connectivity index (χ1n) is 6.45. The summed E-state index contributed by atoms with van der Waals surface area (Å²) in [6, 6.07) is 4.40. The summed E-state index contributed by atoms with van der Waals surface area (Å²) in [6.07, 6.45) is 1.45. The number of nitrogens with zero attached hydrogens (tertiary/aromatic N) is 1. The Labute approximate surface area is 121 Å². The van der Waals surface area contributed by atoms with Gasteiger partial charge in [-0.3, -0.25) is 14.9 Å². The molecule has 1 aliphatic rings. The lowest BCUT2D eigenvalue weighted by Gasteiger charge is -2.27. The summed E-state index contributed by atoms with van der Waals surface area (Å²) in [5, 5.41) is 17.2. The van der Waals surface area contributed by atoms with E-state index in [1.807, 2.05) is 6.92 Å². The summed E-state index contributed by atoms with van der Waals surface area (Å²) in [7, 11) is 0. The van der Waals surface area contributed by atoms with Gasteiger partial charge in [-0.1, -0.05) is 11.6 Å². The lowest BCUT2D eigenvalue weighted by Crippen LogP contribution is -2.40. The van der Waals surface area contributed by atoms with Crippen LogP contribution in [0, 0.1) is 16.0 Å². The van der Waals surface area contributed by atoms with Gasteiger partial charge in [-0.2, -0.15) is 0 Å². The number of benzene rings is 1. The SMILES string of the molecule is CC1CC(C(=O)Nc2cc(Cl)ccc2[N+](=O)[O-])CCN1. The Balaban J connectivity index is 2.14. The Morgan fingerprint density at radius 2 is 2.30 bits per heavy atom. The Morgan fingerprint density at radius 3 is 2.95 bits per heavy atom. The molecule has 108 valence electrons. The normalized spacial score (nSPS) is 22.3. The van der Waals surface area contributed by atoms with Gasteiger partial charge in [-0.05, 0) is 38.4 Å². The second-order valence-corrected chi connectivity index (χ2v) is 5.42. The molecular formula is C13H16ClN3O3. The molecular weight excluding hydrogens is 282 g/mol. The van der Waals surface area contributed by atoms with Crippen molar-refractivity contribution in [1.82, 2.24) is 5.32 Å². The average molecular weight is 298 g/mol. The van der Waals surface area contributed by atoms with Crippen molar-refractivity contribution in [3.63, 3.8) is 0 Å². The summed E-state index contributed by atoms with van der Waals surface area (Å²) >= 11 is 5.83. The smallest absolute Gasteiger partial charge is 0.292 e. The van der Waals surface area contributed by atoms with E-state index >= 15 is 0 Å². The van der Waals surface area contributed by atoms with E-state index < -0.39 is 4.92 Å². The van der Waals surface area contributed by atoms with Crippen molar-refractivity contribution >= 4 is 28.9 Å². The summed E-state index contributed by atoms with van der Waals surface area (Å²) < 4.78 is 0. The van der Waals surface area contributed by atoms with Gasteiger partial charge in [-0.25, -0.2) is 0 Å². The van der Waals surface area contributed by atoms with Gasteiger partial charge >= 0.3 is 0 Å². The second-order valence-electron chi connectivity index (χ2n) is 4.98. The van der Waals surface area contributed by atoms with Crippen LogP contribution in [0.3, 0.4) is 0 Å². The van der Waals surface area contributed by atoms with Gasteiger partial charge in [-0.15, -0.1) is 0 Å². The van der Waals surface area contributed by atoms with Crippen LogP contribution in [-0.2, 0) is 4.79 Å². The van der Waals surface area contributed by atoms with Crippen molar-refractivity contribution in [3.05, 3.63) is 33.3 Å². The van der Waals surface area contributed by atoms with Crippen LogP contribution < -0.4 is 10.6 Å². The minimum Gasteiger partial charge on any atom is -0.320 e. The van der Waals surface area contributed by atoms with Crippen molar-refractivity contribution < 1.29 is 9.72 Å². The highest BCUT2D eigenvalue weighted by Gasteiger charge is 2.26. The van der Waals surface area contributed by atoms with Crippen LogP contribution in [0.25, 0.3) is 0 Å². The van der Waals surface area contributed by atoms with E-state index in [0.29, 0.717) is 5.02 Å². The number of amides is 1. The van der Waals surface area contributed by atoms with Gasteiger partial charge in [0, 0.05) is 23.0 Å². The number of halogens is 1. The summed E-state index contributed by atoms with van der Waals surface area (Å²) in [6.45, 7) is 2.79. The molecule has 6 nitrogen and oxygen atoms in total. The van der Waals surface area contributed by atoms with Crippen LogP contribution in [0.15, 0.2) is 18.2 Å². The van der Waals surface area contributed by atoms with Crippen LogP contribution in [0.5, 0.6) is 0 Å². The summed E-state index contributed by atoms with van der Waals surface area (Å²) in [4.78, 5) is 22.6. The van der Waals surface area contributed by atoms with Gasteiger partial charge in [0.25, 0.3) is 5.69 Å². The average Bonchev–Trinajstić information content (AvgIpc) is 2.38. The molecule has 1 aliphatic heterocycles. The first-order valence-corrected chi connectivity index (χ1v) is 6.83. The number of rotatable bonds is 3. The van der Waals surface area contributed by atoms with Crippen LogP contribution in [-0.4, -0.2) is 23.4 Å². The fourth-order valence-electron chi connectivity index (χ4n) is 2.37. The Kier molecular flexibility index (Phi) is 4.57. The maximum absolute atomic E-state index is 12.2. The standard InChI is InChI=1S/C13H16ClN3O3/c1-8-6-9(4-5-15-8)13(18)16-11-7-10(14)2-3-12(11)17(19)20/h2-3,7-9,15H,4-6H2,1H3,(H,16,18). The number of carbonyl (C=O) groups is 1. The molecule has 20 heavy (non-hydrogen) atoms. The summed E-state index contributed by atoms with van der Waals surface area (Å²) in [5.74, 6) is -0.325. The molecule has 1 fully saturated rings. The Bertz CT molecular complexity index is 536. The van der Waals surface area contributed by atoms with Crippen LogP contribution >= 0.6 is 11.6 Å². The zero-order valence-corrected chi connectivity index (χ0v) is 11.8. The van der Waals surface area contributed by atoms with E-state index in [0.717, 1.165) is 19.4 Å². The molecule has 1 aromatic rings. The topological polar surface area (TPSA) is 84.3 Å². The van der Waals surface area contributed by atoms with Gasteiger partial charge in [0.2, 0.25) is 5.91 Å². The lowest BCUT2D eigenvalue weighted by atomic mass is 9.92. The van der Waals surface area contributed by atoms with Crippen LogP contribution in [0.4, 0.5) is 11.4 Å². The number of piperidine rings is 1. The van der Waals surface area contributed by atoms with Crippen molar-refractivity contribution in [1.29, 1.82) is 0 Å². The third kappa shape index (κ3) is 3.46. The highest BCUT2D eigenvalue weighted by atomic mass is 35.5. The molecule has 2 unspecified atom stereocenters. The quantitative estimate of drug-likeness (QED) is 0.663. The minimum atomic E-state index is -0.531. The van der Waals surface area contributed by atoms with Gasteiger partial charge < -0.3 is 10.6 Å². The maximum Gasteiger partial charge on any atom is 0.292 e. The molecule has 0 bridgehead atoms. The molecule has 0 radical (unpaired) electrons. The number of nitrogens with one attached hydrogen (secondary N) is 2. The number of anilines is 1. The molecule has 1 aromatic carbocycles. The van der Waals surface area contributed by atoms with E-state index in [-0.39, 0.29) is 29.2 Å². The maximum atomic E-state index is 12.2. The number of carbonyl (C=O) groups excluding carboxylic acids is 1. The molecule has 7 heteroatoms. The zero-order valence-electron chi connectivity index (χ0n) is 11.1. The molecule has 0 aromatic heterocycles. The Morgan fingerprint density at radius 1 is 1.55 bits per heavy atom. The van der Waals surface area contributed by atoms with E-state index in [4.69, 9.17) is 11.6 Å². The molecule has 2 atom stereocenters. The van der Waals surface area contributed by atoms with Gasteiger partial charge in [0.1, 0.15) is 5.69 Å². The molecule has 0 saturated carbocycles. The molecule has 2 N–H and O–H groups in total. The Hall–Kier alpha value is -1.66. The van der Waals surface area contributed by atoms with Crippen LogP contribution in [0.2, 0.25) is 5.02 Å². The fraction of sp³-hybridized carbons (Fsp3) is 0.462. The zero-order chi connectivity index (χ0) is 14.7. The lowest BCUT2D eigenvalue weighted by molar-refractivity contribution is -0.383. The van der Waals surface area contributed by atoms with E-state index in [2.05, 4.69) is 10.6 Å². The third-order valence-corrected chi connectivity index (χ3v) is 3.64. The number of hydrogen-bond acceptors (Lipinski definition) is 4. The minimum absolute atomic E-state index is 0.134. The molecule has 1 amide bonds. The van der Waals surface area contributed by atoms with Crippen molar-refractivity contribution in [3.8, 4) is 0 Å². The van der Waals surface area contributed by atoms with Crippen molar-refractivity contribution in [2.45, 2.75) is 25.8 Å². The monoisotopic (exact) mass is 297 g/mol. The summed E-state index contributed by atoms with van der Waals surface area (Å²) in [5.41, 5.74) is 0.00317. The van der Waals surface area contributed by atoms with Crippen LogP contribution in [0.1, 0.15) is 19.8 Å². The number of nitro benzene ring substituents is 1. The first kappa shape index (κ1) is 14.7. The third-order valence-electron chi connectivity index (χ3n) is 3.41. The first-order chi connectivity index (χ1) is 9.47. The van der Waals surface area contributed by atoms with Crippen molar-refractivity contribution in [2.24, 2.45) is 5.92 Å². The highest BCUT2D eigenvalue weighted by molar-refractivity contribution is 6.31. The van der Waals surface area contributed by atoms with Crippen molar-refractivity contribution in [2.75, 3.05) is 11.9 Å². The molecule has 2 rings (SSSR count). The molecule has 0 aliphatic carbocycles. The fourth-order valence-corrected chi connectivity index (χ4v) is 2.54. The molecule has 1 heterocycles. The molecule has 1 saturated heterocycles.